The van der Waals surface area contributed by atoms with Gasteiger partial charge in [0.1, 0.15) is 18.3 Å². The molecule has 4 N–H and O–H groups in total. The molecule has 3 rings (SSSR count). The van der Waals surface area contributed by atoms with Crippen LogP contribution in [-0.4, -0.2) is 93.2 Å². The fraction of sp³-hybridized carbons (Fsp3) is 0.688. The fourth-order valence-electron chi connectivity index (χ4n) is 3.49. The van der Waals surface area contributed by atoms with Crippen LogP contribution in [0.5, 0.6) is 0 Å². The second-order valence-corrected chi connectivity index (χ2v) is 6.64. The van der Waals surface area contributed by atoms with Crippen LogP contribution in [0.15, 0.2) is 23.9 Å². The van der Waals surface area contributed by atoms with Crippen LogP contribution < -0.4 is 0 Å². The Kier molecular flexibility index (Phi) is 5.42. The molecule has 0 aliphatic carbocycles. The number of nitrogens with zero attached hydrogens (tertiary/aromatic N) is 2. The van der Waals surface area contributed by atoms with Crippen molar-refractivity contribution in [2.45, 2.75) is 49.6 Å². The van der Waals surface area contributed by atoms with Crippen molar-refractivity contribution in [3.8, 4) is 0 Å². The van der Waals surface area contributed by atoms with Gasteiger partial charge in [0.2, 0.25) is 6.29 Å². The molecule has 0 aromatic carbocycles. The van der Waals surface area contributed by atoms with E-state index in [1.807, 2.05) is 6.08 Å². The predicted molar refractivity (Wildman–Crippen MR) is 85.0 cm³/mol. The molecule has 0 spiro atoms. The number of aliphatic carboxylic acids is 1. The molecule has 9 heteroatoms. The van der Waals surface area contributed by atoms with Gasteiger partial charge in [-0.3, -0.25) is 9.96 Å². The first-order valence-corrected chi connectivity index (χ1v) is 8.32. The van der Waals surface area contributed by atoms with Crippen LogP contribution in [0.1, 0.15) is 12.8 Å². The van der Waals surface area contributed by atoms with Gasteiger partial charge >= 0.3 is 5.97 Å². The molecule has 6 atom stereocenters. The topological polar surface area (TPSA) is 123 Å². The predicted octanol–water partition coefficient (Wildman–Crippen LogP) is -1.34. The van der Waals surface area contributed by atoms with Crippen molar-refractivity contribution in [3.05, 3.63) is 23.9 Å². The molecule has 3 heterocycles. The van der Waals surface area contributed by atoms with Crippen molar-refractivity contribution in [3.63, 3.8) is 0 Å². The third-order valence-corrected chi connectivity index (χ3v) is 4.90. The summed E-state index contributed by atoms with van der Waals surface area (Å²) < 4.78 is 5.14. The standard InChI is InChI=1S/C16H24N2O7/c1-17-6-3-5-10(17)9-4-2-7-18(8-9)25-16-13(21)11(19)12(20)14(24-16)15(22)23/h2,4,7,10-14,16,19-21H,3,5-6,8H2,1H3,(H,22,23)/t10-,11-,12-,13+,14-,16-/m0/s1. The van der Waals surface area contributed by atoms with Gasteiger partial charge in [-0.1, -0.05) is 6.08 Å². The number of carboxylic acids is 1. The number of aliphatic hydroxyl groups excluding tert-OH is 3. The number of allylic oxidation sites excluding steroid dienone is 2. The molecule has 9 nitrogen and oxygen atoms in total. The van der Waals surface area contributed by atoms with Gasteiger partial charge in [-0.25, -0.2) is 9.63 Å². The van der Waals surface area contributed by atoms with E-state index in [-0.39, 0.29) is 0 Å². The van der Waals surface area contributed by atoms with Gasteiger partial charge in [0.15, 0.2) is 6.10 Å². The molecule has 25 heavy (non-hydrogen) atoms. The van der Waals surface area contributed by atoms with Gasteiger partial charge in [-0.05, 0) is 38.1 Å². The Balaban J connectivity index is 1.64. The number of hydroxylamine groups is 2. The molecule has 0 aromatic rings. The molecule has 3 aliphatic rings. The number of likely N-dealkylation sites (N-methyl/N-ethyl adjacent to an activating group) is 1. The van der Waals surface area contributed by atoms with E-state index in [1.54, 1.807) is 12.3 Å². The van der Waals surface area contributed by atoms with Gasteiger partial charge in [-0.2, -0.15) is 0 Å². The average molecular weight is 356 g/mol. The SMILES string of the molecule is CN1CCC[C@H]1C1=CC=CN(O[C@@H]2O[C@H](C(=O)O)[C@@H](O)[C@H](O)[C@H]2O)C1. The van der Waals surface area contributed by atoms with E-state index in [0.717, 1.165) is 25.0 Å². The highest BCUT2D eigenvalue weighted by Crippen LogP contribution is 2.27. The zero-order chi connectivity index (χ0) is 18.1. The summed E-state index contributed by atoms with van der Waals surface area (Å²) in [5.41, 5.74) is 1.14. The highest BCUT2D eigenvalue weighted by molar-refractivity contribution is 5.73. The van der Waals surface area contributed by atoms with Crippen molar-refractivity contribution < 1.29 is 34.8 Å². The minimum Gasteiger partial charge on any atom is -0.479 e. The summed E-state index contributed by atoms with van der Waals surface area (Å²) >= 11 is 0. The summed E-state index contributed by atoms with van der Waals surface area (Å²) in [6, 6.07) is 0.312. The molecule has 140 valence electrons. The van der Waals surface area contributed by atoms with E-state index in [4.69, 9.17) is 14.7 Å². The smallest absolute Gasteiger partial charge is 0.335 e. The van der Waals surface area contributed by atoms with Crippen LogP contribution in [0.3, 0.4) is 0 Å². The summed E-state index contributed by atoms with van der Waals surface area (Å²) in [7, 11) is 2.06. The lowest BCUT2D eigenvalue weighted by Gasteiger charge is -2.40. The Morgan fingerprint density at radius 2 is 2.04 bits per heavy atom. The minimum absolute atomic E-state index is 0.312. The van der Waals surface area contributed by atoms with E-state index in [1.165, 1.54) is 5.06 Å². The number of likely N-dealkylation sites (tertiary alicyclic amines) is 1. The Labute approximate surface area is 145 Å². The van der Waals surface area contributed by atoms with Gasteiger partial charge in [0.25, 0.3) is 0 Å². The molecular weight excluding hydrogens is 332 g/mol. The third kappa shape index (κ3) is 3.71. The summed E-state index contributed by atoms with van der Waals surface area (Å²) in [6.45, 7) is 1.47. The molecule has 0 unspecified atom stereocenters. The van der Waals surface area contributed by atoms with E-state index in [9.17, 15) is 20.1 Å². The normalized spacial score (nSPS) is 39.5. The number of carboxylic acid groups (broad SMARTS) is 1. The van der Waals surface area contributed by atoms with E-state index >= 15 is 0 Å². The largest absolute Gasteiger partial charge is 0.479 e. The quantitative estimate of drug-likeness (QED) is 0.485. The summed E-state index contributed by atoms with van der Waals surface area (Å²) in [5.74, 6) is -1.44. The monoisotopic (exact) mass is 356 g/mol. The van der Waals surface area contributed by atoms with Gasteiger partial charge in [0, 0.05) is 12.2 Å². The van der Waals surface area contributed by atoms with Crippen molar-refractivity contribution in [1.82, 2.24) is 9.96 Å². The highest BCUT2D eigenvalue weighted by atomic mass is 16.8. The van der Waals surface area contributed by atoms with Crippen LogP contribution in [0.2, 0.25) is 0 Å². The maximum atomic E-state index is 11.1. The third-order valence-electron chi connectivity index (χ3n) is 4.90. The first-order valence-electron chi connectivity index (χ1n) is 8.32. The van der Waals surface area contributed by atoms with Crippen LogP contribution in [0, 0.1) is 0 Å². The fourth-order valence-corrected chi connectivity index (χ4v) is 3.49. The summed E-state index contributed by atoms with van der Waals surface area (Å²) in [6.07, 6.45) is -0.404. The van der Waals surface area contributed by atoms with Gasteiger partial charge in [-0.15, -0.1) is 0 Å². The van der Waals surface area contributed by atoms with E-state index in [2.05, 4.69) is 11.9 Å². The van der Waals surface area contributed by atoms with Crippen molar-refractivity contribution >= 4 is 5.97 Å². The van der Waals surface area contributed by atoms with Gasteiger partial charge < -0.3 is 25.2 Å². The number of ether oxygens (including phenoxy) is 1. The number of rotatable bonds is 4. The maximum Gasteiger partial charge on any atom is 0.335 e. The Morgan fingerprint density at radius 1 is 1.28 bits per heavy atom. The summed E-state index contributed by atoms with van der Waals surface area (Å²) in [4.78, 5) is 19.0. The Bertz CT molecular complexity index is 567. The lowest BCUT2D eigenvalue weighted by atomic mass is 9.99. The minimum atomic E-state index is -1.73. The number of aliphatic hydroxyl groups is 3. The molecule has 0 saturated carbocycles. The van der Waals surface area contributed by atoms with Gasteiger partial charge in [0.05, 0.1) is 6.54 Å². The number of carbonyl (C=O) groups is 1. The molecule has 0 amide bonds. The Hall–Kier alpha value is -1.49. The van der Waals surface area contributed by atoms with Crippen molar-refractivity contribution in [2.24, 2.45) is 0 Å². The van der Waals surface area contributed by atoms with Crippen LogP contribution >= 0.6 is 0 Å². The van der Waals surface area contributed by atoms with Crippen LogP contribution in [0.25, 0.3) is 0 Å². The first-order chi connectivity index (χ1) is 11.9. The second kappa shape index (κ2) is 7.40. The van der Waals surface area contributed by atoms with Crippen molar-refractivity contribution in [2.75, 3.05) is 20.1 Å². The van der Waals surface area contributed by atoms with Crippen LogP contribution in [-0.2, 0) is 14.4 Å². The maximum absolute atomic E-state index is 11.1. The van der Waals surface area contributed by atoms with Crippen LogP contribution in [0.4, 0.5) is 0 Å². The molecule has 0 aromatic heterocycles. The number of hydrogen-bond acceptors (Lipinski definition) is 8. The first kappa shape index (κ1) is 18.3. The highest BCUT2D eigenvalue weighted by Gasteiger charge is 2.48. The Morgan fingerprint density at radius 3 is 2.68 bits per heavy atom. The van der Waals surface area contributed by atoms with Crippen molar-refractivity contribution in [1.29, 1.82) is 0 Å². The molecule has 2 fully saturated rings. The zero-order valence-electron chi connectivity index (χ0n) is 13.9. The lowest BCUT2D eigenvalue weighted by Crippen LogP contribution is -2.61. The average Bonchev–Trinajstić information content (AvgIpc) is 3.01. The van der Waals surface area contributed by atoms with E-state index < -0.39 is 36.7 Å². The molecule has 2 saturated heterocycles. The summed E-state index contributed by atoms with van der Waals surface area (Å²) in [5, 5.41) is 40.1. The zero-order valence-corrected chi connectivity index (χ0v) is 13.9. The molecule has 3 aliphatic heterocycles. The molecule has 0 bridgehead atoms. The lowest BCUT2D eigenvalue weighted by molar-refractivity contribution is -0.344. The molecular formula is C16H24N2O7. The molecule has 0 radical (unpaired) electrons. The second-order valence-electron chi connectivity index (χ2n) is 6.64. The van der Waals surface area contributed by atoms with E-state index in [0.29, 0.717) is 12.6 Å². The number of hydrogen-bond donors (Lipinski definition) is 4.